The summed E-state index contributed by atoms with van der Waals surface area (Å²) in [5, 5.41) is 21.8. The van der Waals surface area contributed by atoms with Crippen LogP contribution in [0.1, 0.15) is 25.8 Å². The van der Waals surface area contributed by atoms with Crippen LogP contribution < -0.4 is 5.32 Å². The molecule has 0 aliphatic rings. The Bertz CT molecular complexity index is 634. The summed E-state index contributed by atoms with van der Waals surface area (Å²) in [7, 11) is -3.49. The minimum atomic E-state index is -3.49. The molecule has 1 aromatic carbocycles. The van der Waals surface area contributed by atoms with Crippen molar-refractivity contribution in [3.05, 3.63) is 35.9 Å². The van der Waals surface area contributed by atoms with E-state index in [9.17, 15) is 18.3 Å². The van der Waals surface area contributed by atoms with Gasteiger partial charge in [-0.1, -0.05) is 44.2 Å². The number of aliphatic hydroxyl groups excluding tert-OH is 1. The normalized spacial score (nSPS) is 14.5. The Kier molecular flexibility index (Phi) is 8.34. The van der Waals surface area contributed by atoms with Gasteiger partial charge in [-0.15, -0.1) is 0 Å². The van der Waals surface area contributed by atoms with Crippen LogP contribution in [0, 0.1) is 5.92 Å². The summed E-state index contributed by atoms with van der Waals surface area (Å²) in [5.41, 5.74) is 0.855. The average Bonchev–Trinajstić information content (AvgIpc) is 2.49. The molecule has 8 heteroatoms. The van der Waals surface area contributed by atoms with Crippen molar-refractivity contribution in [1.29, 1.82) is 0 Å². The quantitative estimate of drug-likeness (QED) is 0.577. The molecule has 142 valence electrons. The van der Waals surface area contributed by atoms with E-state index in [0.717, 1.165) is 11.8 Å². The van der Waals surface area contributed by atoms with Crippen LogP contribution in [0.3, 0.4) is 0 Å². The minimum absolute atomic E-state index is 0.149. The molecule has 1 rings (SSSR count). The molecule has 1 unspecified atom stereocenters. The lowest BCUT2D eigenvalue weighted by Gasteiger charge is -2.28. The van der Waals surface area contributed by atoms with Gasteiger partial charge in [0, 0.05) is 13.1 Å². The predicted molar refractivity (Wildman–Crippen MR) is 97.0 cm³/mol. The Hall–Kier alpha value is -1.64. The Labute approximate surface area is 149 Å². The first kappa shape index (κ1) is 21.4. The Balaban J connectivity index is 2.86. The van der Waals surface area contributed by atoms with Gasteiger partial charge in [-0.2, -0.15) is 4.31 Å². The maximum atomic E-state index is 12.0. The predicted octanol–water partition coefficient (Wildman–Crippen LogP) is 1.53. The summed E-state index contributed by atoms with van der Waals surface area (Å²) in [6.45, 7) is 4.12. The molecule has 2 atom stereocenters. The van der Waals surface area contributed by atoms with Crippen molar-refractivity contribution in [2.75, 3.05) is 19.3 Å². The van der Waals surface area contributed by atoms with Crippen LogP contribution in [0.4, 0.5) is 4.79 Å². The van der Waals surface area contributed by atoms with Crippen LogP contribution in [0.2, 0.25) is 0 Å². The second kappa shape index (κ2) is 9.74. The fourth-order valence-electron chi connectivity index (χ4n) is 2.44. The van der Waals surface area contributed by atoms with Crippen LogP contribution in [0.25, 0.3) is 0 Å². The first-order valence-corrected chi connectivity index (χ1v) is 10.1. The lowest BCUT2D eigenvalue weighted by molar-refractivity contribution is 0.0995. The number of benzene rings is 1. The average molecular weight is 372 g/mol. The second-order valence-electron chi connectivity index (χ2n) is 6.62. The number of carbonyl (C=O) groups is 1. The fraction of sp³-hybridized carbons (Fsp3) is 0.588. The molecule has 0 bridgehead atoms. The van der Waals surface area contributed by atoms with Gasteiger partial charge in [-0.05, 0) is 24.3 Å². The number of amides is 1. The number of nitrogens with zero attached hydrogens (tertiary/aromatic N) is 1. The monoisotopic (exact) mass is 372 g/mol. The smallest absolute Gasteiger partial charge is 0.404 e. The summed E-state index contributed by atoms with van der Waals surface area (Å²) in [6, 6.07) is 8.35. The van der Waals surface area contributed by atoms with E-state index in [1.54, 1.807) is 0 Å². The van der Waals surface area contributed by atoms with E-state index in [1.807, 2.05) is 44.2 Å². The van der Waals surface area contributed by atoms with E-state index in [1.165, 1.54) is 4.31 Å². The molecule has 0 saturated carbocycles. The number of nitrogens with one attached hydrogen (secondary N) is 1. The van der Waals surface area contributed by atoms with Crippen LogP contribution >= 0.6 is 0 Å². The molecule has 0 aromatic heterocycles. The molecule has 7 nitrogen and oxygen atoms in total. The van der Waals surface area contributed by atoms with Crippen LogP contribution in [-0.2, 0) is 16.4 Å². The van der Waals surface area contributed by atoms with Crippen molar-refractivity contribution in [1.82, 2.24) is 9.62 Å². The van der Waals surface area contributed by atoms with Crippen molar-refractivity contribution >= 4 is 16.1 Å². The zero-order valence-corrected chi connectivity index (χ0v) is 15.7. The molecule has 0 aliphatic carbocycles. The summed E-state index contributed by atoms with van der Waals surface area (Å²) < 4.78 is 25.1. The molecular weight excluding hydrogens is 344 g/mol. The van der Waals surface area contributed by atoms with Crippen LogP contribution in [0.5, 0.6) is 0 Å². The largest absolute Gasteiger partial charge is 0.465 e. The lowest BCUT2D eigenvalue weighted by atomic mass is 10.0. The highest BCUT2D eigenvalue weighted by atomic mass is 32.2. The van der Waals surface area contributed by atoms with Gasteiger partial charge >= 0.3 is 6.09 Å². The van der Waals surface area contributed by atoms with Gasteiger partial charge < -0.3 is 15.5 Å². The van der Waals surface area contributed by atoms with Crippen molar-refractivity contribution in [2.45, 2.75) is 38.8 Å². The molecule has 0 aliphatic heterocycles. The van der Waals surface area contributed by atoms with Gasteiger partial charge in [-0.25, -0.2) is 13.2 Å². The molecule has 3 N–H and O–H groups in total. The second-order valence-corrected chi connectivity index (χ2v) is 8.60. The zero-order valence-electron chi connectivity index (χ0n) is 14.9. The van der Waals surface area contributed by atoms with E-state index >= 15 is 0 Å². The number of hydrogen-bond donors (Lipinski definition) is 3. The van der Waals surface area contributed by atoms with E-state index in [4.69, 9.17) is 5.11 Å². The standard InChI is InChI=1S/C17H28N2O5S/c1-13(2)9-10-19(25(3,23)24)12-16(20)15(18-17(21)22)11-14-7-5-4-6-8-14/h4-8,13,15-16,18,20H,9-12H2,1-3H3,(H,21,22)/t15?,16-/m1/s1. The van der Waals surface area contributed by atoms with Gasteiger partial charge in [0.05, 0.1) is 18.4 Å². The Morgan fingerprint density at radius 1 is 1.24 bits per heavy atom. The summed E-state index contributed by atoms with van der Waals surface area (Å²) in [5.74, 6) is 0.318. The zero-order chi connectivity index (χ0) is 19.0. The van der Waals surface area contributed by atoms with E-state index in [-0.39, 0.29) is 13.0 Å². The summed E-state index contributed by atoms with van der Waals surface area (Å²) >= 11 is 0. The number of hydrogen-bond acceptors (Lipinski definition) is 4. The third-order valence-electron chi connectivity index (χ3n) is 3.89. The van der Waals surface area contributed by atoms with E-state index in [2.05, 4.69) is 5.32 Å². The van der Waals surface area contributed by atoms with Crippen molar-refractivity contribution in [3.63, 3.8) is 0 Å². The number of rotatable bonds is 10. The topological polar surface area (TPSA) is 107 Å². The van der Waals surface area contributed by atoms with E-state index in [0.29, 0.717) is 18.9 Å². The molecule has 0 heterocycles. The highest BCUT2D eigenvalue weighted by Gasteiger charge is 2.27. The molecule has 25 heavy (non-hydrogen) atoms. The highest BCUT2D eigenvalue weighted by Crippen LogP contribution is 2.11. The van der Waals surface area contributed by atoms with E-state index < -0.39 is 28.3 Å². The molecule has 0 saturated heterocycles. The van der Waals surface area contributed by atoms with Crippen molar-refractivity contribution in [2.24, 2.45) is 5.92 Å². The van der Waals surface area contributed by atoms with Crippen molar-refractivity contribution in [3.8, 4) is 0 Å². The first-order chi connectivity index (χ1) is 11.6. The molecule has 0 radical (unpaired) electrons. The SMILES string of the molecule is CC(C)CCN(C[C@@H](O)C(Cc1ccccc1)NC(=O)O)S(C)(=O)=O. The molecular formula is C17H28N2O5S. The molecule has 1 aromatic rings. The molecule has 1 amide bonds. The van der Waals surface area contributed by atoms with Gasteiger partial charge in [0.15, 0.2) is 0 Å². The lowest BCUT2D eigenvalue weighted by Crippen LogP contribution is -2.50. The first-order valence-electron chi connectivity index (χ1n) is 8.26. The number of sulfonamides is 1. The highest BCUT2D eigenvalue weighted by molar-refractivity contribution is 7.88. The van der Waals surface area contributed by atoms with Gasteiger partial charge in [0.25, 0.3) is 0 Å². The molecule has 0 fully saturated rings. The summed E-state index contributed by atoms with van der Waals surface area (Å²) in [4.78, 5) is 11.0. The Morgan fingerprint density at radius 3 is 2.32 bits per heavy atom. The fourth-order valence-corrected chi connectivity index (χ4v) is 3.30. The number of aliphatic hydroxyl groups is 1. The minimum Gasteiger partial charge on any atom is -0.465 e. The van der Waals surface area contributed by atoms with Gasteiger partial charge in [0.2, 0.25) is 10.0 Å². The summed E-state index contributed by atoms with van der Waals surface area (Å²) in [6.07, 6.45) is -0.381. The third-order valence-corrected chi connectivity index (χ3v) is 5.16. The van der Waals surface area contributed by atoms with Crippen LogP contribution in [0.15, 0.2) is 30.3 Å². The maximum absolute atomic E-state index is 12.0. The maximum Gasteiger partial charge on any atom is 0.404 e. The Morgan fingerprint density at radius 2 is 1.84 bits per heavy atom. The van der Waals surface area contributed by atoms with Crippen molar-refractivity contribution < 1.29 is 23.4 Å². The molecule has 0 spiro atoms. The van der Waals surface area contributed by atoms with Crippen LogP contribution in [-0.4, -0.2) is 60.5 Å². The third kappa shape index (κ3) is 8.33. The van der Waals surface area contributed by atoms with Gasteiger partial charge in [0.1, 0.15) is 0 Å². The van der Waals surface area contributed by atoms with Gasteiger partial charge in [-0.3, -0.25) is 0 Å². The number of carboxylic acid groups (broad SMARTS) is 1.